The van der Waals surface area contributed by atoms with Crippen LogP contribution >= 0.6 is 28.4 Å². The van der Waals surface area contributed by atoms with E-state index in [-0.39, 0.29) is 0 Å². The van der Waals surface area contributed by atoms with E-state index in [1.807, 2.05) is 6.92 Å². The molecule has 1 radical (unpaired) electrons. The minimum absolute atomic E-state index is 0.881. The summed E-state index contributed by atoms with van der Waals surface area (Å²) in [7, 11) is 0.435. The van der Waals surface area contributed by atoms with Crippen LogP contribution in [0.25, 0.3) is 0 Å². The minimum atomic E-state index is -1.98. The Morgan fingerprint density at radius 1 is 1.86 bits per heavy atom. The van der Waals surface area contributed by atoms with Crippen molar-refractivity contribution in [3.8, 4) is 0 Å². The van der Waals surface area contributed by atoms with E-state index in [1.165, 1.54) is 10.8 Å². The Balaban J connectivity index is 2.82. The van der Waals surface area contributed by atoms with E-state index in [2.05, 4.69) is 0 Å². The van der Waals surface area contributed by atoms with Crippen molar-refractivity contribution in [3.63, 3.8) is 0 Å². The zero-order valence-corrected chi connectivity index (χ0v) is 6.35. The lowest BCUT2D eigenvalue weighted by molar-refractivity contribution is 0.520. The van der Waals surface area contributed by atoms with Gasteiger partial charge in [-0.15, -0.1) is 0 Å². The molecule has 1 unspecified atom stereocenters. The average Bonchev–Trinajstić information content (AvgIpc) is 1.61. The molecule has 0 bridgehead atoms. The van der Waals surface area contributed by atoms with E-state index in [4.69, 9.17) is 4.89 Å². The molecule has 1 atom stereocenters. The molecule has 0 aliphatic carbocycles. The fourth-order valence-corrected chi connectivity index (χ4v) is 2.64. The van der Waals surface area contributed by atoms with E-state index >= 15 is 0 Å². The summed E-state index contributed by atoms with van der Waals surface area (Å²) >= 11 is 0. The molecule has 0 fully saturated rings. The van der Waals surface area contributed by atoms with Crippen LogP contribution in [-0.4, -0.2) is 10.6 Å². The molecule has 2 nitrogen and oxygen atoms in total. The Hall–Kier alpha value is 0.760. The van der Waals surface area contributed by atoms with Gasteiger partial charge in [0.05, 0.1) is 0 Å². The molecule has 0 rings (SSSR count). The molecule has 0 heterocycles. The highest BCUT2D eigenvalue weighted by atomic mass is 33.3. The Bertz CT molecular complexity index is 66.7. The predicted octanol–water partition coefficient (Wildman–Crippen LogP) is 2.04. The highest BCUT2D eigenvalue weighted by Gasteiger charge is 1.90. The van der Waals surface area contributed by atoms with Crippen LogP contribution in [0.1, 0.15) is 6.92 Å². The third-order valence-corrected chi connectivity index (χ3v) is 4.21. The van der Waals surface area contributed by atoms with E-state index in [0.717, 1.165) is 16.2 Å². The molecule has 7 heavy (non-hydrogen) atoms. The summed E-state index contributed by atoms with van der Waals surface area (Å²) in [5, 5.41) is 0. The van der Waals surface area contributed by atoms with Crippen LogP contribution in [0.2, 0.25) is 0 Å². The fraction of sp³-hybridized carbons (Fsp3) is 1.00. The summed E-state index contributed by atoms with van der Waals surface area (Å²) in [5.41, 5.74) is 0. The summed E-state index contributed by atoms with van der Waals surface area (Å²) < 4.78 is 9.85. The standard InChI is InChI=1S/C2H6O2PS2/c1-2-6-7-5(3)4/h2H2,1H3,(H,3,4). The second kappa shape index (κ2) is 4.91. The first-order valence-electron chi connectivity index (χ1n) is 1.73. The first kappa shape index (κ1) is 7.76. The second-order valence-corrected chi connectivity index (χ2v) is 5.59. The Morgan fingerprint density at radius 3 is 2.57 bits per heavy atom. The molecule has 43 valence electrons. The van der Waals surface area contributed by atoms with Gasteiger partial charge < -0.3 is 4.89 Å². The monoisotopic (exact) mass is 157 g/mol. The Kier molecular flexibility index (Phi) is 5.44. The van der Waals surface area contributed by atoms with Gasteiger partial charge in [-0.05, 0) is 0 Å². The SMILES string of the molecule is CCSS[P](=O)O. The first-order chi connectivity index (χ1) is 3.27. The van der Waals surface area contributed by atoms with E-state index in [9.17, 15) is 4.57 Å². The zero-order valence-electron chi connectivity index (χ0n) is 3.83. The topological polar surface area (TPSA) is 37.3 Å². The molecule has 0 spiro atoms. The third-order valence-electron chi connectivity index (χ3n) is 0.234. The van der Waals surface area contributed by atoms with Gasteiger partial charge in [-0.3, -0.25) is 0 Å². The Morgan fingerprint density at radius 2 is 2.43 bits per heavy atom. The van der Waals surface area contributed by atoms with E-state index < -0.39 is 7.23 Å². The lowest BCUT2D eigenvalue weighted by atomic mass is 11.0. The zero-order chi connectivity index (χ0) is 5.70. The van der Waals surface area contributed by atoms with Crippen molar-refractivity contribution in [2.24, 2.45) is 0 Å². The van der Waals surface area contributed by atoms with Crippen LogP contribution in [0.4, 0.5) is 0 Å². The van der Waals surface area contributed by atoms with E-state index in [0.29, 0.717) is 0 Å². The summed E-state index contributed by atoms with van der Waals surface area (Å²) in [6, 6.07) is 0. The number of hydrogen-bond donors (Lipinski definition) is 1. The molecule has 0 amide bonds. The molecule has 1 N–H and O–H groups in total. The lowest BCUT2D eigenvalue weighted by Gasteiger charge is -1.84. The van der Waals surface area contributed by atoms with Gasteiger partial charge in [0.25, 0.3) is 7.23 Å². The van der Waals surface area contributed by atoms with Gasteiger partial charge in [-0.2, -0.15) is 0 Å². The first-order valence-corrected chi connectivity index (χ1v) is 5.86. The Labute approximate surface area is 51.1 Å². The largest absolute Gasteiger partial charge is 0.311 e. The molecule has 5 heteroatoms. The molecule has 0 saturated carbocycles. The maximum Gasteiger partial charge on any atom is 0.285 e. The van der Waals surface area contributed by atoms with Gasteiger partial charge >= 0.3 is 0 Å². The van der Waals surface area contributed by atoms with Gasteiger partial charge in [-0.1, -0.05) is 17.7 Å². The average molecular weight is 157 g/mol. The van der Waals surface area contributed by atoms with Crippen molar-refractivity contribution in [2.45, 2.75) is 6.92 Å². The lowest BCUT2D eigenvalue weighted by Crippen LogP contribution is -1.51. The molecular formula is C2H6O2PS2. The molecule has 0 aromatic rings. The fourth-order valence-electron chi connectivity index (χ4n) is 0.0978. The van der Waals surface area contributed by atoms with Gasteiger partial charge in [0.1, 0.15) is 0 Å². The van der Waals surface area contributed by atoms with E-state index in [1.54, 1.807) is 0 Å². The van der Waals surface area contributed by atoms with Crippen LogP contribution < -0.4 is 0 Å². The molecule has 0 aromatic carbocycles. The van der Waals surface area contributed by atoms with Crippen molar-refractivity contribution in [1.29, 1.82) is 0 Å². The van der Waals surface area contributed by atoms with Crippen LogP contribution in [0.15, 0.2) is 0 Å². The van der Waals surface area contributed by atoms with Crippen LogP contribution in [-0.2, 0) is 4.57 Å². The van der Waals surface area contributed by atoms with Crippen molar-refractivity contribution in [1.82, 2.24) is 0 Å². The van der Waals surface area contributed by atoms with Crippen LogP contribution in [0, 0.1) is 0 Å². The van der Waals surface area contributed by atoms with Crippen molar-refractivity contribution < 1.29 is 9.46 Å². The van der Waals surface area contributed by atoms with Gasteiger partial charge in [-0.25, -0.2) is 4.57 Å². The molecule has 0 aliphatic rings. The van der Waals surface area contributed by atoms with Gasteiger partial charge in [0.2, 0.25) is 0 Å². The maximum atomic E-state index is 9.85. The summed E-state index contributed by atoms with van der Waals surface area (Å²) in [5.74, 6) is 0.881. The highest BCUT2D eigenvalue weighted by molar-refractivity contribution is 8.96. The van der Waals surface area contributed by atoms with Crippen molar-refractivity contribution in [3.05, 3.63) is 0 Å². The number of hydrogen-bond acceptors (Lipinski definition) is 3. The van der Waals surface area contributed by atoms with Crippen molar-refractivity contribution in [2.75, 3.05) is 5.75 Å². The van der Waals surface area contributed by atoms with Gasteiger partial charge in [0, 0.05) is 16.2 Å². The molecular weight excluding hydrogens is 151 g/mol. The summed E-state index contributed by atoms with van der Waals surface area (Å²) in [4.78, 5) is 8.13. The van der Waals surface area contributed by atoms with Gasteiger partial charge in [0.15, 0.2) is 0 Å². The third kappa shape index (κ3) is 6.76. The maximum absolute atomic E-state index is 9.85. The molecule has 0 saturated heterocycles. The van der Waals surface area contributed by atoms with Crippen molar-refractivity contribution >= 4 is 28.4 Å². The minimum Gasteiger partial charge on any atom is -0.311 e. The second-order valence-electron chi connectivity index (χ2n) is 0.719. The normalized spacial score (nSPS) is 11.4. The predicted molar refractivity (Wildman–Crippen MR) is 35.5 cm³/mol. The smallest absolute Gasteiger partial charge is 0.285 e. The molecule has 0 aliphatic heterocycles. The highest BCUT2D eigenvalue weighted by Crippen LogP contribution is 2.42. The number of rotatable bonds is 3. The molecule has 0 aromatic heterocycles. The summed E-state index contributed by atoms with van der Waals surface area (Å²) in [6.07, 6.45) is 0. The summed E-state index contributed by atoms with van der Waals surface area (Å²) in [6.45, 7) is 1.94. The quantitative estimate of drug-likeness (QED) is 0.502. The van der Waals surface area contributed by atoms with Crippen LogP contribution in [0.5, 0.6) is 0 Å². The van der Waals surface area contributed by atoms with Crippen LogP contribution in [0.3, 0.4) is 0 Å².